The molecule has 0 saturated heterocycles. The predicted octanol–water partition coefficient (Wildman–Crippen LogP) is 6.80. The number of hydrogen-bond donors (Lipinski definition) is 0. The van der Waals surface area contributed by atoms with Crippen LogP contribution in [0, 0.1) is 0 Å². The van der Waals surface area contributed by atoms with Gasteiger partial charge in [-0.2, -0.15) is 0 Å². The summed E-state index contributed by atoms with van der Waals surface area (Å²) in [6.45, 7) is 0. The van der Waals surface area contributed by atoms with Gasteiger partial charge >= 0.3 is 0 Å². The van der Waals surface area contributed by atoms with Gasteiger partial charge in [-0.05, 0) is 46.3 Å². The highest BCUT2D eigenvalue weighted by Gasteiger charge is 2.22. The van der Waals surface area contributed by atoms with Crippen LogP contribution in [0.1, 0.15) is 0 Å². The van der Waals surface area contributed by atoms with E-state index in [4.69, 9.17) is 0 Å². The van der Waals surface area contributed by atoms with Crippen molar-refractivity contribution in [1.82, 2.24) is 4.98 Å². The number of halogens is 1. The number of pyridine rings is 1. The molecule has 0 spiro atoms. The van der Waals surface area contributed by atoms with Gasteiger partial charge in [-0.3, -0.25) is 0 Å². The molecule has 114 valence electrons. The maximum absolute atomic E-state index is 4.64. The highest BCUT2D eigenvalue weighted by molar-refractivity contribution is 9.10. The van der Waals surface area contributed by atoms with Crippen LogP contribution in [0.2, 0.25) is 0 Å². The summed E-state index contributed by atoms with van der Waals surface area (Å²) in [5.74, 6) is 0. The molecule has 0 N–H and O–H groups in total. The van der Waals surface area contributed by atoms with Crippen LogP contribution in [0.15, 0.2) is 87.3 Å². The normalized spacial score (nSPS) is 12.2. The molecule has 2 heterocycles. The zero-order valence-corrected chi connectivity index (χ0v) is 15.1. The molecular weight excluding hydrogens is 378 g/mol. The first-order chi connectivity index (χ1) is 11.8. The Hall–Kier alpha value is -2.10. The third-order valence-electron chi connectivity index (χ3n) is 4.40. The maximum Gasteiger partial charge on any atom is 0.109 e. The molecule has 3 aromatic carbocycles. The second kappa shape index (κ2) is 5.47. The van der Waals surface area contributed by atoms with E-state index in [2.05, 4.69) is 87.6 Å². The SMILES string of the molecule is Brc1cccc(-c2ccc3ccnc4c3c2-c2ccccc2S4)c1. The fraction of sp³-hybridized carbons (Fsp3) is 0. The van der Waals surface area contributed by atoms with Crippen molar-refractivity contribution in [3.63, 3.8) is 0 Å². The third kappa shape index (κ3) is 2.12. The highest BCUT2D eigenvalue weighted by atomic mass is 79.9. The molecule has 1 aliphatic rings. The lowest BCUT2D eigenvalue weighted by Crippen LogP contribution is -1.97. The van der Waals surface area contributed by atoms with Gasteiger partial charge in [0, 0.05) is 26.5 Å². The second-order valence-electron chi connectivity index (χ2n) is 5.81. The maximum atomic E-state index is 4.64. The van der Waals surface area contributed by atoms with E-state index >= 15 is 0 Å². The molecule has 0 fully saturated rings. The van der Waals surface area contributed by atoms with Gasteiger partial charge in [-0.15, -0.1) is 0 Å². The average molecular weight is 390 g/mol. The van der Waals surface area contributed by atoms with Crippen LogP contribution < -0.4 is 0 Å². The number of rotatable bonds is 1. The molecule has 0 atom stereocenters. The molecule has 1 aromatic heterocycles. The number of hydrogen-bond acceptors (Lipinski definition) is 2. The van der Waals surface area contributed by atoms with Crippen LogP contribution >= 0.6 is 27.7 Å². The fourth-order valence-corrected chi connectivity index (χ4v) is 4.83. The molecule has 4 aromatic rings. The van der Waals surface area contributed by atoms with Gasteiger partial charge in [0.05, 0.1) is 0 Å². The molecule has 24 heavy (non-hydrogen) atoms. The van der Waals surface area contributed by atoms with Crippen molar-refractivity contribution in [2.24, 2.45) is 0 Å². The van der Waals surface area contributed by atoms with E-state index in [1.54, 1.807) is 11.8 Å². The summed E-state index contributed by atoms with van der Waals surface area (Å²) in [6, 6.07) is 23.6. The van der Waals surface area contributed by atoms with Crippen molar-refractivity contribution in [2.75, 3.05) is 0 Å². The van der Waals surface area contributed by atoms with E-state index in [0.29, 0.717) is 0 Å². The first kappa shape index (κ1) is 14.3. The van der Waals surface area contributed by atoms with Crippen molar-refractivity contribution in [2.45, 2.75) is 9.92 Å². The summed E-state index contributed by atoms with van der Waals surface area (Å²) in [7, 11) is 0. The molecule has 0 unspecified atom stereocenters. The van der Waals surface area contributed by atoms with Gasteiger partial charge < -0.3 is 0 Å². The molecule has 0 saturated carbocycles. The van der Waals surface area contributed by atoms with E-state index in [9.17, 15) is 0 Å². The lowest BCUT2D eigenvalue weighted by Gasteiger charge is -2.22. The smallest absolute Gasteiger partial charge is 0.109 e. The summed E-state index contributed by atoms with van der Waals surface area (Å²) in [4.78, 5) is 5.91. The fourth-order valence-electron chi connectivity index (χ4n) is 3.36. The van der Waals surface area contributed by atoms with Crippen molar-refractivity contribution < 1.29 is 0 Å². The monoisotopic (exact) mass is 389 g/mol. The van der Waals surface area contributed by atoms with Crippen molar-refractivity contribution in [3.8, 4) is 22.3 Å². The molecular formula is C21H12BrNS. The first-order valence-corrected chi connectivity index (χ1v) is 9.37. The topological polar surface area (TPSA) is 12.9 Å². The van der Waals surface area contributed by atoms with Crippen molar-refractivity contribution in [3.05, 3.63) is 77.4 Å². The van der Waals surface area contributed by atoms with Gasteiger partial charge in [0.25, 0.3) is 0 Å². The minimum Gasteiger partial charge on any atom is -0.249 e. The van der Waals surface area contributed by atoms with Gasteiger partial charge in [-0.25, -0.2) is 4.98 Å². The lowest BCUT2D eigenvalue weighted by molar-refractivity contribution is 1.17. The molecule has 5 rings (SSSR count). The molecule has 1 aliphatic heterocycles. The molecule has 3 heteroatoms. The molecule has 0 amide bonds. The van der Waals surface area contributed by atoms with Crippen LogP contribution in [0.5, 0.6) is 0 Å². The lowest BCUT2D eigenvalue weighted by atomic mass is 9.90. The molecule has 1 nitrogen and oxygen atoms in total. The largest absolute Gasteiger partial charge is 0.249 e. The summed E-state index contributed by atoms with van der Waals surface area (Å²) >= 11 is 5.36. The summed E-state index contributed by atoms with van der Waals surface area (Å²) in [5, 5.41) is 3.60. The zero-order valence-electron chi connectivity index (χ0n) is 12.7. The zero-order chi connectivity index (χ0) is 16.1. The number of aromatic nitrogens is 1. The quantitative estimate of drug-likeness (QED) is 0.312. The summed E-state index contributed by atoms with van der Waals surface area (Å²) in [6.07, 6.45) is 1.90. The van der Waals surface area contributed by atoms with E-state index < -0.39 is 0 Å². The van der Waals surface area contributed by atoms with E-state index in [1.807, 2.05) is 6.20 Å². The van der Waals surface area contributed by atoms with Crippen molar-refractivity contribution >= 4 is 38.5 Å². The van der Waals surface area contributed by atoms with Crippen LogP contribution in [-0.4, -0.2) is 4.98 Å². The van der Waals surface area contributed by atoms with Crippen LogP contribution in [0.4, 0.5) is 0 Å². The van der Waals surface area contributed by atoms with Gasteiger partial charge in [0.2, 0.25) is 0 Å². The Morgan fingerprint density at radius 1 is 0.833 bits per heavy atom. The van der Waals surface area contributed by atoms with Gasteiger partial charge in [0.1, 0.15) is 5.03 Å². The standard InChI is InChI=1S/C21H12BrNS/c22-15-5-3-4-14(12-15)16-9-8-13-10-11-23-21-19(13)20(16)17-6-1-2-7-18(17)24-21/h1-12H. The Morgan fingerprint density at radius 3 is 2.67 bits per heavy atom. The van der Waals surface area contributed by atoms with Crippen LogP contribution in [0.25, 0.3) is 33.0 Å². The second-order valence-corrected chi connectivity index (χ2v) is 7.76. The number of fused-ring (bicyclic) bond motifs is 2. The van der Waals surface area contributed by atoms with E-state index in [1.165, 1.54) is 37.9 Å². The van der Waals surface area contributed by atoms with Gasteiger partial charge in [-0.1, -0.05) is 70.2 Å². The summed E-state index contributed by atoms with van der Waals surface area (Å²) in [5.41, 5.74) is 5.07. The third-order valence-corrected chi connectivity index (χ3v) is 5.97. The minimum atomic E-state index is 1.09. The number of benzene rings is 3. The van der Waals surface area contributed by atoms with Crippen molar-refractivity contribution in [1.29, 1.82) is 0 Å². The predicted molar refractivity (Wildman–Crippen MR) is 104 cm³/mol. The number of nitrogens with zero attached hydrogens (tertiary/aromatic N) is 1. The van der Waals surface area contributed by atoms with Crippen LogP contribution in [0.3, 0.4) is 0 Å². The Bertz CT molecular complexity index is 1100. The van der Waals surface area contributed by atoms with Crippen LogP contribution in [-0.2, 0) is 0 Å². The van der Waals surface area contributed by atoms with E-state index in [-0.39, 0.29) is 0 Å². The minimum absolute atomic E-state index is 1.09. The Labute approximate surface area is 152 Å². The van der Waals surface area contributed by atoms with E-state index in [0.717, 1.165) is 9.50 Å². The highest BCUT2D eigenvalue weighted by Crippen LogP contribution is 2.50. The Kier molecular flexibility index (Phi) is 3.25. The molecule has 0 radical (unpaired) electrons. The summed E-state index contributed by atoms with van der Waals surface area (Å²) < 4.78 is 1.09. The Balaban J connectivity index is 1.94. The molecule has 0 bridgehead atoms. The average Bonchev–Trinajstić information content (AvgIpc) is 2.62. The Morgan fingerprint density at radius 2 is 1.75 bits per heavy atom. The first-order valence-electron chi connectivity index (χ1n) is 7.76. The van der Waals surface area contributed by atoms with Gasteiger partial charge in [0.15, 0.2) is 0 Å². The molecule has 0 aliphatic carbocycles.